The van der Waals surface area contributed by atoms with Crippen LogP contribution in [0.3, 0.4) is 0 Å². The number of aryl methyl sites for hydroxylation is 1. The lowest BCUT2D eigenvalue weighted by Crippen LogP contribution is -2.35. The van der Waals surface area contributed by atoms with Gasteiger partial charge in [0.15, 0.2) is 11.2 Å². The summed E-state index contributed by atoms with van der Waals surface area (Å²) in [5.74, 6) is 0.131. The average Bonchev–Trinajstić information content (AvgIpc) is 2.82. The van der Waals surface area contributed by atoms with E-state index in [0.717, 1.165) is 31.4 Å². The lowest BCUT2D eigenvalue weighted by atomic mass is 9.83. The van der Waals surface area contributed by atoms with E-state index in [4.69, 9.17) is 9.47 Å². The molecule has 0 aromatic carbocycles. The lowest BCUT2D eigenvalue weighted by Gasteiger charge is -2.35. The SMILES string of the molecule is Cn1ccc(=O)cc1C1CCC2(CC1)OCCO2. The second kappa shape index (κ2) is 4.52. The van der Waals surface area contributed by atoms with Gasteiger partial charge in [-0.25, -0.2) is 0 Å². The van der Waals surface area contributed by atoms with Gasteiger partial charge in [0.2, 0.25) is 0 Å². The molecule has 0 amide bonds. The molecule has 1 saturated heterocycles. The molecule has 1 aliphatic carbocycles. The van der Waals surface area contributed by atoms with Gasteiger partial charge in [0.05, 0.1) is 13.2 Å². The number of pyridine rings is 1. The third-order valence-electron chi connectivity index (χ3n) is 4.14. The molecule has 2 aliphatic rings. The maximum absolute atomic E-state index is 11.5. The van der Waals surface area contributed by atoms with Crippen molar-refractivity contribution in [2.24, 2.45) is 7.05 Å². The second-order valence-corrected chi connectivity index (χ2v) is 5.28. The molecule has 4 heteroatoms. The van der Waals surface area contributed by atoms with E-state index in [1.54, 1.807) is 12.1 Å². The zero-order chi connectivity index (χ0) is 12.6. The van der Waals surface area contributed by atoms with Gasteiger partial charge in [0.1, 0.15) is 0 Å². The fourth-order valence-corrected chi connectivity index (χ4v) is 3.11. The van der Waals surface area contributed by atoms with Gasteiger partial charge in [-0.05, 0) is 18.8 Å². The van der Waals surface area contributed by atoms with Gasteiger partial charge < -0.3 is 14.0 Å². The van der Waals surface area contributed by atoms with E-state index in [-0.39, 0.29) is 11.2 Å². The average molecular weight is 249 g/mol. The van der Waals surface area contributed by atoms with Crippen molar-refractivity contribution >= 4 is 0 Å². The standard InChI is InChI=1S/C14H19NO3/c1-15-7-4-12(16)10-13(15)11-2-5-14(6-3-11)17-8-9-18-14/h4,7,10-11H,2-3,5-6,8-9H2,1H3. The summed E-state index contributed by atoms with van der Waals surface area (Å²) in [6, 6.07) is 3.37. The molecular weight excluding hydrogens is 230 g/mol. The van der Waals surface area contributed by atoms with Crippen molar-refractivity contribution in [2.45, 2.75) is 37.4 Å². The number of rotatable bonds is 1. The second-order valence-electron chi connectivity index (χ2n) is 5.28. The fourth-order valence-electron chi connectivity index (χ4n) is 3.11. The topological polar surface area (TPSA) is 40.5 Å². The van der Waals surface area contributed by atoms with Gasteiger partial charge in [-0.15, -0.1) is 0 Å². The van der Waals surface area contributed by atoms with Gasteiger partial charge in [0.25, 0.3) is 0 Å². The quantitative estimate of drug-likeness (QED) is 0.762. The first-order valence-electron chi connectivity index (χ1n) is 6.63. The van der Waals surface area contributed by atoms with Crippen LogP contribution in [0.1, 0.15) is 37.3 Å². The number of nitrogens with zero attached hydrogens (tertiary/aromatic N) is 1. The predicted octanol–water partition coefficient (Wildman–Crippen LogP) is 1.79. The molecule has 2 heterocycles. The molecule has 4 nitrogen and oxygen atoms in total. The van der Waals surface area contributed by atoms with E-state index in [1.807, 2.05) is 13.2 Å². The van der Waals surface area contributed by atoms with Crippen LogP contribution in [0.25, 0.3) is 0 Å². The molecule has 0 bridgehead atoms. The minimum absolute atomic E-state index is 0.0942. The van der Waals surface area contributed by atoms with Crippen LogP contribution in [0.2, 0.25) is 0 Å². The number of hydrogen-bond acceptors (Lipinski definition) is 3. The summed E-state index contributed by atoms with van der Waals surface area (Å²) in [6.07, 6.45) is 5.76. The van der Waals surface area contributed by atoms with Crippen LogP contribution >= 0.6 is 0 Å². The van der Waals surface area contributed by atoms with Gasteiger partial charge in [-0.1, -0.05) is 0 Å². The smallest absolute Gasteiger partial charge is 0.181 e. The van der Waals surface area contributed by atoms with Crippen molar-refractivity contribution in [3.63, 3.8) is 0 Å². The monoisotopic (exact) mass is 249 g/mol. The molecule has 1 spiro atoms. The van der Waals surface area contributed by atoms with Crippen molar-refractivity contribution in [2.75, 3.05) is 13.2 Å². The Balaban J connectivity index is 1.76. The molecular formula is C14H19NO3. The summed E-state index contributed by atoms with van der Waals surface area (Å²) in [7, 11) is 2.00. The molecule has 1 saturated carbocycles. The Bertz CT molecular complexity index is 478. The molecule has 0 radical (unpaired) electrons. The molecule has 1 aliphatic heterocycles. The Labute approximate surface area is 107 Å². The predicted molar refractivity (Wildman–Crippen MR) is 67.5 cm³/mol. The highest BCUT2D eigenvalue weighted by molar-refractivity contribution is 5.13. The Hall–Kier alpha value is -1.13. The van der Waals surface area contributed by atoms with Gasteiger partial charge in [-0.3, -0.25) is 4.79 Å². The Kier molecular flexibility index (Phi) is 2.99. The molecule has 18 heavy (non-hydrogen) atoms. The molecule has 98 valence electrons. The Morgan fingerprint density at radius 1 is 1.28 bits per heavy atom. The van der Waals surface area contributed by atoms with E-state index in [9.17, 15) is 4.79 Å². The van der Waals surface area contributed by atoms with Crippen molar-refractivity contribution in [1.29, 1.82) is 0 Å². The zero-order valence-corrected chi connectivity index (χ0v) is 10.7. The summed E-state index contributed by atoms with van der Waals surface area (Å²) < 4.78 is 13.5. The highest BCUT2D eigenvalue weighted by Crippen LogP contribution is 2.41. The highest BCUT2D eigenvalue weighted by Gasteiger charge is 2.40. The van der Waals surface area contributed by atoms with Crippen LogP contribution in [0.5, 0.6) is 0 Å². The zero-order valence-electron chi connectivity index (χ0n) is 10.7. The van der Waals surface area contributed by atoms with Crippen molar-refractivity contribution in [3.05, 3.63) is 34.2 Å². The lowest BCUT2D eigenvalue weighted by molar-refractivity contribution is -0.179. The third kappa shape index (κ3) is 2.10. The van der Waals surface area contributed by atoms with Gasteiger partial charge in [-0.2, -0.15) is 0 Å². The van der Waals surface area contributed by atoms with Crippen molar-refractivity contribution in [3.8, 4) is 0 Å². The van der Waals surface area contributed by atoms with Crippen LogP contribution in [0.15, 0.2) is 23.1 Å². The van der Waals surface area contributed by atoms with E-state index in [0.29, 0.717) is 19.1 Å². The maximum atomic E-state index is 11.5. The van der Waals surface area contributed by atoms with E-state index in [1.165, 1.54) is 0 Å². The number of hydrogen-bond donors (Lipinski definition) is 0. The molecule has 0 atom stereocenters. The Morgan fingerprint density at radius 3 is 2.61 bits per heavy atom. The summed E-state index contributed by atoms with van der Waals surface area (Å²) in [6.45, 7) is 1.43. The van der Waals surface area contributed by atoms with Crippen LogP contribution in [0, 0.1) is 0 Å². The summed E-state index contributed by atoms with van der Waals surface area (Å²) in [5.41, 5.74) is 1.23. The normalized spacial score (nSPS) is 23.6. The first-order valence-corrected chi connectivity index (χ1v) is 6.63. The number of ether oxygens (including phenoxy) is 2. The molecule has 1 aromatic heterocycles. The van der Waals surface area contributed by atoms with E-state index >= 15 is 0 Å². The molecule has 3 rings (SSSR count). The van der Waals surface area contributed by atoms with Crippen molar-refractivity contribution < 1.29 is 9.47 Å². The minimum atomic E-state index is -0.315. The van der Waals surface area contributed by atoms with Crippen LogP contribution in [-0.4, -0.2) is 23.6 Å². The van der Waals surface area contributed by atoms with E-state index < -0.39 is 0 Å². The molecule has 1 aromatic rings. The molecule has 2 fully saturated rings. The fraction of sp³-hybridized carbons (Fsp3) is 0.643. The number of aromatic nitrogens is 1. The van der Waals surface area contributed by atoms with E-state index in [2.05, 4.69) is 4.57 Å². The molecule has 0 N–H and O–H groups in total. The first kappa shape index (κ1) is 11.9. The van der Waals surface area contributed by atoms with Crippen molar-refractivity contribution in [1.82, 2.24) is 4.57 Å². The highest BCUT2D eigenvalue weighted by atomic mass is 16.7. The van der Waals surface area contributed by atoms with Gasteiger partial charge in [0, 0.05) is 43.9 Å². The molecule has 0 unspecified atom stereocenters. The first-order chi connectivity index (χ1) is 8.69. The third-order valence-corrected chi connectivity index (χ3v) is 4.14. The van der Waals surface area contributed by atoms with Crippen LogP contribution < -0.4 is 5.43 Å². The summed E-state index contributed by atoms with van der Waals surface area (Å²) in [5, 5.41) is 0. The minimum Gasteiger partial charge on any atom is -0.354 e. The van der Waals surface area contributed by atoms with Gasteiger partial charge >= 0.3 is 0 Å². The largest absolute Gasteiger partial charge is 0.354 e. The summed E-state index contributed by atoms with van der Waals surface area (Å²) >= 11 is 0. The van der Waals surface area contributed by atoms with Crippen LogP contribution in [-0.2, 0) is 16.5 Å². The maximum Gasteiger partial charge on any atom is 0.181 e. The summed E-state index contributed by atoms with van der Waals surface area (Å²) in [4.78, 5) is 11.5. The Morgan fingerprint density at radius 2 is 1.94 bits per heavy atom. The van der Waals surface area contributed by atoms with Crippen LogP contribution in [0.4, 0.5) is 0 Å².